The van der Waals surface area contributed by atoms with Gasteiger partial charge < -0.3 is 10.6 Å². The molecule has 1 aromatic carbocycles. The fourth-order valence-corrected chi connectivity index (χ4v) is 2.58. The van der Waals surface area contributed by atoms with E-state index in [0.29, 0.717) is 12.6 Å². The van der Waals surface area contributed by atoms with Crippen LogP contribution in [0.2, 0.25) is 0 Å². The van der Waals surface area contributed by atoms with Crippen molar-refractivity contribution >= 4 is 11.6 Å². The van der Waals surface area contributed by atoms with Crippen molar-refractivity contribution in [2.45, 2.75) is 25.8 Å². The predicted octanol–water partition coefficient (Wildman–Crippen LogP) is 1.70. The van der Waals surface area contributed by atoms with Crippen molar-refractivity contribution in [2.24, 2.45) is 0 Å². The quantitative estimate of drug-likeness (QED) is 0.819. The summed E-state index contributed by atoms with van der Waals surface area (Å²) in [5.74, 6) is 0.0619. The summed E-state index contributed by atoms with van der Waals surface area (Å²) in [6, 6.07) is 10.3. The van der Waals surface area contributed by atoms with Crippen LogP contribution < -0.4 is 10.6 Å². The van der Waals surface area contributed by atoms with Crippen molar-refractivity contribution < 1.29 is 4.79 Å². The lowest BCUT2D eigenvalue weighted by molar-refractivity contribution is -0.119. The molecule has 0 saturated carbocycles. The molecule has 1 atom stereocenters. The summed E-state index contributed by atoms with van der Waals surface area (Å²) in [7, 11) is 0. The Morgan fingerprint density at radius 2 is 2.16 bits per heavy atom. The van der Waals surface area contributed by atoms with Gasteiger partial charge in [-0.3, -0.25) is 9.69 Å². The Balaban J connectivity index is 1.67. The average molecular weight is 261 g/mol. The third kappa shape index (κ3) is 4.24. The van der Waals surface area contributed by atoms with E-state index in [-0.39, 0.29) is 5.91 Å². The van der Waals surface area contributed by atoms with E-state index in [2.05, 4.69) is 22.5 Å². The Bertz CT molecular complexity index is 394. The average Bonchev–Trinajstić information content (AvgIpc) is 2.91. The number of likely N-dealkylation sites (N-methyl/N-ethyl adjacent to an activating group) is 1. The predicted molar refractivity (Wildman–Crippen MR) is 78.2 cm³/mol. The summed E-state index contributed by atoms with van der Waals surface area (Å²) in [5, 5.41) is 6.14. The first-order valence-electron chi connectivity index (χ1n) is 7.09. The summed E-state index contributed by atoms with van der Waals surface area (Å²) in [6.45, 7) is 5.52. The zero-order valence-corrected chi connectivity index (χ0v) is 11.6. The summed E-state index contributed by atoms with van der Waals surface area (Å²) < 4.78 is 0. The monoisotopic (exact) mass is 261 g/mol. The van der Waals surface area contributed by atoms with Crippen LogP contribution in [0.25, 0.3) is 0 Å². The number of nitrogens with zero attached hydrogens (tertiary/aromatic N) is 1. The van der Waals surface area contributed by atoms with Gasteiger partial charge >= 0.3 is 0 Å². The van der Waals surface area contributed by atoms with Crippen LogP contribution >= 0.6 is 0 Å². The van der Waals surface area contributed by atoms with Gasteiger partial charge in [0.25, 0.3) is 0 Å². The van der Waals surface area contributed by atoms with Gasteiger partial charge in [-0.2, -0.15) is 0 Å². The number of carbonyl (C=O) groups excluding carboxylic acids is 1. The van der Waals surface area contributed by atoms with Crippen LogP contribution in [-0.4, -0.2) is 43.0 Å². The van der Waals surface area contributed by atoms with Crippen LogP contribution in [0.1, 0.15) is 19.8 Å². The smallest absolute Gasteiger partial charge is 0.239 e. The Kier molecular flexibility index (Phi) is 5.21. The molecular weight excluding hydrogens is 238 g/mol. The minimum atomic E-state index is 0.0619. The molecule has 0 spiro atoms. The Morgan fingerprint density at radius 1 is 1.37 bits per heavy atom. The van der Waals surface area contributed by atoms with E-state index in [1.807, 2.05) is 30.3 Å². The van der Waals surface area contributed by atoms with Gasteiger partial charge in [0.15, 0.2) is 0 Å². The molecule has 1 amide bonds. The van der Waals surface area contributed by atoms with E-state index in [4.69, 9.17) is 0 Å². The molecule has 1 saturated heterocycles. The van der Waals surface area contributed by atoms with Crippen molar-refractivity contribution in [3.05, 3.63) is 30.3 Å². The van der Waals surface area contributed by atoms with Gasteiger partial charge in [0.1, 0.15) is 0 Å². The molecule has 0 aliphatic carbocycles. The highest BCUT2D eigenvalue weighted by atomic mass is 16.1. The van der Waals surface area contributed by atoms with Crippen molar-refractivity contribution in [2.75, 3.05) is 31.5 Å². The van der Waals surface area contributed by atoms with Crippen LogP contribution in [0.3, 0.4) is 0 Å². The SMILES string of the molecule is CCN1CCCC1CNC(=O)CNc1ccccc1. The number of nitrogens with one attached hydrogen (secondary N) is 2. The second-order valence-electron chi connectivity index (χ2n) is 4.95. The van der Waals surface area contributed by atoms with Gasteiger partial charge in [0.05, 0.1) is 6.54 Å². The van der Waals surface area contributed by atoms with Crippen LogP contribution in [0.15, 0.2) is 30.3 Å². The summed E-state index contributed by atoms with van der Waals surface area (Å²) in [5.41, 5.74) is 0.980. The standard InChI is InChI=1S/C15H23N3O/c1-2-18-10-6-9-14(18)11-17-15(19)12-16-13-7-4-3-5-8-13/h3-5,7-8,14,16H,2,6,9-12H2,1H3,(H,17,19). The van der Waals surface area contributed by atoms with Crippen LogP contribution in [0.4, 0.5) is 5.69 Å². The highest BCUT2D eigenvalue weighted by Gasteiger charge is 2.22. The summed E-state index contributed by atoms with van der Waals surface area (Å²) in [6.07, 6.45) is 2.44. The summed E-state index contributed by atoms with van der Waals surface area (Å²) in [4.78, 5) is 14.2. The Labute approximate surface area is 115 Å². The molecule has 1 aliphatic heterocycles. The van der Waals surface area contributed by atoms with Gasteiger partial charge in [-0.05, 0) is 38.1 Å². The van der Waals surface area contributed by atoms with E-state index >= 15 is 0 Å². The molecule has 104 valence electrons. The number of benzene rings is 1. The highest BCUT2D eigenvalue weighted by Crippen LogP contribution is 2.15. The number of hydrogen-bond donors (Lipinski definition) is 2. The molecule has 4 nitrogen and oxygen atoms in total. The lowest BCUT2D eigenvalue weighted by Gasteiger charge is -2.22. The number of likely N-dealkylation sites (tertiary alicyclic amines) is 1. The highest BCUT2D eigenvalue weighted by molar-refractivity contribution is 5.80. The second-order valence-corrected chi connectivity index (χ2v) is 4.95. The normalized spacial score (nSPS) is 19.3. The van der Waals surface area contributed by atoms with Crippen LogP contribution in [0.5, 0.6) is 0 Å². The lowest BCUT2D eigenvalue weighted by atomic mass is 10.2. The fourth-order valence-electron chi connectivity index (χ4n) is 2.58. The van der Waals surface area contributed by atoms with Crippen LogP contribution in [-0.2, 0) is 4.79 Å². The number of anilines is 1. The number of hydrogen-bond acceptors (Lipinski definition) is 3. The first-order valence-corrected chi connectivity index (χ1v) is 7.09. The maximum Gasteiger partial charge on any atom is 0.239 e. The molecular formula is C15H23N3O. The van der Waals surface area contributed by atoms with Gasteiger partial charge in [0.2, 0.25) is 5.91 Å². The minimum Gasteiger partial charge on any atom is -0.376 e. The molecule has 1 unspecified atom stereocenters. The largest absolute Gasteiger partial charge is 0.376 e. The maximum atomic E-state index is 11.8. The molecule has 1 heterocycles. The van der Waals surface area contributed by atoms with E-state index in [1.54, 1.807) is 0 Å². The minimum absolute atomic E-state index is 0.0619. The molecule has 2 rings (SSSR count). The topological polar surface area (TPSA) is 44.4 Å². The molecule has 19 heavy (non-hydrogen) atoms. The van der Waals surface area contributed by atoms with E-state index in [9.17, 15) is 4.79 Å². The molecule has 0 aromatic heterocycles. The summed E-state index contributed by atoms with van der Waals surface area (Å²) >= 11 is 0. The molecule has 1 aromatic rings. The molecule has 1 fully saturated rings. The number of rotatable bonds is 6. The number of amides is 1. The first kappa shape index (κ1) is 13.9. The van der Waals surface area contributed by atoms with E-state index < -0.39 is 0 Å². The zero-order chi connectivity index (χ0) is 13.5. The number of carbonyl (C=O) groups is 1. The molecule has 2 N–H and O–H groups in total. The van der Waals surface area contributed by atoms with Gasteiger partial charge in [-0.15, -0.1) is 0 Å². The third-order valence-electron chi connectivity index (χ3n) is 3.67. The third-order valence-corrected chi connectivity index (χ3v) is 3.67. The number of para-hydroxylation sites is 1. The van der Waals surface area contributed by atoms with Gasteiger partial charge in [0, 0.05) is 18.3 Å². The van der Waals surface area contributed by atoms with Crippen molar-refractivity contribution in [3.63, 3.8) is 0 Å². The molecule has 0 radical (unpaired) electrons. The fraction of sp³-hybridized carbons (Fsp3) is 0.533. The van der Waals surface area contributed by atoms with E-state index in [1.165, 1.54) is 19.4 Å². The second kappa shape index (κ2) is 7.14. The first-order chi connectivity index (χ1) is 9.29. The molecule has 0 bridgehead atoms. The molecule has 4 heteroatoms. The van der Waals surface area contributed by atoms with E-state index in [0.717, 1.165) is 18.8 Å². The van der Waals surface area contributed by atoms with Crippen molar-refractivity contribution in [1.29, 1.82) is 0 Å². The lowest BCUT2D eigenvalue weighted by Crippen LogP contribution is -2.41. The maximum absolute atomic E-state index is 11.8. The van der Waals surface area contributed by atoms with Crippen molar-refractivity contribution in [3.8, 4) is 0 Å². The Morgan fingerprint density at radius 3 is 2.89 bits per heavy atom. The zero-order valence-electron chi connectivity index (χ0n) is 11.6. The molecule has 1 aliphatic rings. The van der Waals surface area contributed by atoms with Gasteiger partial charge in [-0.25, -0.2) is 0 Å². The van der Waals surface area contributed by atoms with Crippen LogP contribution in [0, 0.1) is 0 Å². The van der Waals surface area contributed by atoms with Gasteiger partial charge in [-0.1, -0.05) is 25.1 Å². The Hall–Kier alpha value is -1.55. The van der Waals surface area contributed by atoms with Crippen molar-refractivity contribution in [1.82, 2.24) is 10.2 Å².